The maximum Gasteiger partial charge on any atom is 0.410 e. The van der Waals surface area contributed by atoms with Gasteiger partial charge in [0.1, 0.15) is 5.60 Å². The number of aliphatic hydroxyl groups is 1. The largest absolute Gasteiger partial charge is 0.444 e. The van der Waals surface area contributed by atoms with E-state index in [0.717, 1.165) is 24.0 Å². The van der Waals surface area contributed by atoms with Gasteiger partial charge in [0.25, 0.3) is 0 Å². The molecule has 126 valence electrons. The summed E-state index contributed by atoms with van der Waals surface area (Å²) in [6.07, 6.45) is 6.22. The quantitative estimate of drug-likeness (QED) is 0.864. The molecule has 2 bridgehead atoms. The molecule has 3 heterocycles. The van der Waals surface area contributed by atoms with Crippen molar-refractivity contribution in [3.05, 3.63) is 29.6 Å². The Morgan fingerprint density at radius 3 is 2.43 bits per heavy atom. The maximum absolute atomic E-state index is 12.5. The monoisotopic (exact) mass is 318 g/mol. The van der Waals surface area contributed by atoms with Crippen molar-refractivity contribution in [2.45, 2.75) is 76.7 Å². The normalized spacial score (nSPS) is 30.4. The Bertz CT molecular complexity index is 595. The summed E-state index contributed by atoms with van der Waals surface area (Å²) in [6.45, 7) is 7.62. The molecule has 2 saturated heterocycles. The molecule has 0 aromatic carbocycles. The molecule has 0 radical (unpaired) electrons. The van der Waals surface area contributed by atoms with Crippen LogP contribution in [0.3, 0.4) is 0 Å². The van der Waals surface area contributed by atoms with E-state index in [1.165, 1.54) is 0 Å². The van der Waals surface area contributed by atoms with E-state index in [9.17, 15) is 9.90 Å². The Morgan fingerprint density at radius 1 is 1.30 bits per heavy atom. The van der Waals surface area contributed by atoms with Crippen LogP contribution in [-0.2, 0) is 10.3 Å². The number of nitrogens with zero attached hydrogens (tertiary/aromatic N) is 2. The lowest BCUT2D eigenvalue weighted by Gasteiger charge is -2.44. The first-order chi connectivity index (χ1) is 10.7. The SMILES string of the molecule is Cc1cncc(C2(O)CC3CCC(C2)N3C(=O)OC(C)(C)C)c1. The highest BCUT2D eigenvalue weighted by atomic mass is 16.6. The first-order valence-electron chi connectivity index (χ1n) is 8.34. The van der Waals surface area contributed by atoms with Crippen LogP contribution in [0, 0.1) is 6.92 Å². The van der Waals surface area contributed by atoms with Gasteiger partial charge >= 0.3 is 6.09 Å². The van der Waals surface area contributed by atoms with Gasteiger partial charge in [-0.05, 0) is 46.1 Å². The van der Waals surface area contributed by atoms with Crippen LogP contribution < -0.4 is 0 Å². The molecule has 1 N–H and O–H groups in total. The van der Waals surface area contributed by atoms with Crippen molar-refractivity contribution in [2.75, 3.05) is 0 Å². The Hall–Kier alpha value is -1.62. The summed E-state index contributed by atoms with van der Waals surface area (Å²) in [5.74, 6) is 0. The molecule has 2 aliphatic rings. The molecule has 0 saturated carbocycles. The number of aryl methyl sites for hydroxylation is 1. The molecular weight excluding hydrogens is 292 g/mol. The maximum atomic E-state index is 12.5. The van der Waals surface area contributed by atoms with Crippen molar-refractivity contribution in [1.29, 1.82) is 0 Å². The number of pyridine rings is 1. The number of ether oxygens (including phenoxy) is 1. The van der Waals surface area contributed by atoms with Crippen LogP contribution in [-0.4, -0.2) is 38.8 Å². The summed E-state index contributed by atoms with van der Waals surface area (Å²) < 4.78 is 5.54. The van der Waals surface area contributed by atoms with Crippen LogP contribution in [0.15, 0.2) is 18.5 Å². The van der Waals surface area contributed by atoms with Crippen molar-refractivity contribution < 1.29 is 14.6 Å². The third-order valence-corrected chi connectivity index (χ3v) is 4.78. The fourth-order valence-electron chi connectivity index (χ4n) is 3.88. The summed E-state index contributed by atoms with van der Waals surface area (Å²) in [6, 6.07) is 2.07. The first-order valence-corrected chi connectivity index (χ1v) is 8.34. The zero-order valence-corrected chi connectivity index (χ0v) is 14.4. The lowest BCUT2D eigenvalue weighted by molar-refractivity contribution is -0.0626. The number of amides is 1. The number of rotatable bonds is 1. The average Bonchev–Trinajstić information content (AvgIpc) is 2.70. The molecule has 23 heavy (non-hydrogen) atoms. The van der Waals surface area contributed by atoms with E-state index in [4.69, 9.17) is 4.74 Å². The zero-order chi connectivity index (χ0) is 16.8. The molecule has 2 fully saturated rings. The van der Waals surface area contributed by atoms with Crippen molar-refractivity contribution in [3.63, 3.8) is 0 Å². The van der Waals surface area contributed by atoms with Crippen LogP contribution in [0.4, 0.5) is 4.79 Å². The van der Waals surface area contributed by atoms with Gasteiger partial charge < -0.3 is 14.7 Å². The summed E-state index contributed by atoms with van der Waals surface area (Å²) in [4.78, 5) is 18.5. The molecule has 0 spiro atoms. The average molecular weight is 318 g/mol. The molecule has 1 aromatic heterocycles. The van der Waals surface area contributed by atoms with E-state index in [0.29, 0.717) is 12.8 Å². The molecule has 1 amide bonds. The lowest BCUT2D eigenvalue weighted by Crippen LogP contribution is -2.53. The minimum atomic E-state index is -0.899. The molecule has 5 heteroatoms. The van der Waals surface area contributed by atoms with E-state index in [1.807, 2.05) is 38.7 Å². The van der Waals surface area contributed by atoms with Gasteiger partial charge in [0.2, 0.25) is 0 Å². The van der Waals surface area contributed by atoms with E-state index >= 15 is 0 Å². The molecule has 1 aromatic rings. The molecule has 3 rings (SSSR count). The van der Waals surface area contributed by atoms with E-state index in [1.54, 1.807) is 12.4 Å². The van der Waals surface area contributed by atoms with Gasteiger partial charge in [-0.3, -0.25) is 4.98 Å². The highest BCUT2D eigenvalue weighted by Crippen LogP contribution is 2.46. The van der Waals surface area contributed by atoms with Crippen molar-refractivity contribution in [2.24, 2.45) is 0 Å². The lowest BCUT2D eigenvalue weighted by atomic mass is 9.81. The van der Waals surface area contributed by atoms with E-state index in [2.05, 4.69) is 4.98 Å². The van der Waals surface area contributed by atoms with Crippen LogP contribution >= 0.6 is 0 Å². The standard InChI is InChI=1S/C18H26N2O3/c1-12-7-13(11-19-10-12)18(22)8-14-5-6-15(9-18)20(14)16(21)23-17(2,3)4/h7,10-11,14-15,22H,5-6,8-9H2,1-4H3. The Labute approximate surface area is 137 Å². The molecule has 5 nitrogen and oxygen atoms in total. The molecule has 2 unspecified atom stereocenters. The summed E-state index contributed by atoms with van der Waals surface area (Å²) >= 11 is 0. The van der Waals surface area contributed by atoms with Gasteiger partial charge in [0.15, 0.2) is 0 Å². The summed E-state index contributed by atoms with van der Waals surface area (Å²) in [5, 5.41) is 11.2. The fraction of sp³-hybridized carbons (Fsp3) is 0.667. The minimum absolute atomic E-state index is 0.0362. The Morgan fingerprint density at radius 2 is 1.91 bits per heavy atom. The number of aromatic nitrogens is 1. The molecule has 2 aliphatic heterocycles. The van der Waals surface area contributed by atoms with Crippen molar-refractivity contribution >= 4 is 6.09 Å². The van der Waals surface area contributed by atoms with Gasteiger partial charge in [-0.15, -0.1) is 0 Å². The highest BCUT2D eigenvalue weighted by molar-refractivity contribution is 5.69. The van der Waals surface area contributed by atoms with Crippen molar-refractivity contribution in [1.82, 2.24) is 9.88 Å². The molecule has 2 atom stereocenters. The van der Waals surface area contributed by atoms with Crippen molar-refractivity contribution in [3.8, 4) is 0 Å². The second-order valence-corrected chi connectivity index (χ2v) is 7.96. The number of carbonyl (C=O) groups excluding carboxylic acids is 1. The number of fused-ring (bicyclic) bond motifs is 2. The van der Waals surface area contributed by atoms with Gasteiger partial charge in [-0.2, -0.15) is 0 Å². The van der Waals surface area contributed by atoms with Gasteiger partial charge in [-0.25, -0.2) is 4.79 Å². The van der Waals surface area contributed by atoms with Crippen LogP contribution in [0.1, 0.15) is 57.6 Å². The van der Waals surface area contributed by atoms with Crippen LogP contribution in [0.5, 0.6) is 0 Å². The summed E-state index contributed by atoms with van der Waals surface area (Å²) in [7, 11) is 0. The smallest absolute Gasteiger partial charge is 0.410 e. The molecule has 0 aliphatic carbocycles. The van der Waals surface area contributed by atoms with Crippen LogP contribution in [0.25, 0.3) is 0 Å². The topological polar surface area (TPSA) is 62.7 Å². The second kappa shape index (κ2) is 5.48. The van der Waals surface area contributed by atoms with Crippen LogP contribution in [0.2, 0.25) is 0 Å². The van der Waals surface area contributed by atoms with Gasteiger partial charge in [0, 0.05) is 42.9 Å². The highest BCUT2D eigenvalue weighted by Gasteiger charge is 2.51. The third-order valence-electron chi connectivity index (χ3n) is 4.78. The second-order valence-electron chi connectivity index (χ2n) is 7.96. The van der Waals surface area contributed by atoms with E-state index < -0.39 is 11.2 Å². The van der Waals surface area contributed by atoms with Gasteiger partial charge in [0.05, 0.1) is 5.60 Å². The number of hydrogen-bond donors (Lipinski definition) is 1. The van der Waals surface area contributed by atoms with Gasteiger partial charge in [-0.1, -0.05) is 6.07 Å². The fourth-order valence-corrected chi connectivity index (χ4v) is 3.88. The zero-order valence-electron chi connectivity index (χ0n) is 14.4. The minimum Gasteiger partial charge on any atom is -0.444 e. The Balaban J connectivity index is 1.80. The predicted molar refractivity (Wildman–Crippen MR) is 87.0 cm³/mol. The first kappa shape index (κ1) is 16.2. The molecular formula is C18H26N2O3. The number of piperidine rings is 1. The van der Waals surface area contributed by atoms with E-state index in [-0.39, 0.29) is 18.2 Å². The number of hydrogen-bond acceptors (Lipinski definition) is 4. The summed E-state index contributed by atoms with van der Waals surface area (Å²) in [5.41, 5.74) is 0.504. The third kappa shape index (κ3) is 3.20. The number of carbonyl (C=O) groups is 1. The predicted octanol–water partition coefficient (Wildman–Crippen LogP) is 3.14. The Kier molecular flexibility index (Phi) is 3.87.